The van der Waals surface area contributed by atoms with Crippen LogP contribution in [0.4, 0.5) is 0 Å². The number of esters is 2. The summed E-state index contributed by atoms with van der Waals surface area (Å²) in [6.45, 7) is 3.55. The molecule has 2 aromatic carbocycles. The highest BCUT2D eigenvalue weighted by Crippen LogP contribution is 2.36. The first-order chi connectivity index (χ1) is 17.7. The van der Waals surface area contributed by atoms with Crippen LogP contribution < -0.4 is 0 Å². The van der Waals surface area contributed by atoms with Crippen LogP contribution >= 0.6 is 0 Å². The molecule has 37 heavy (non-hydrogen) atoms. The SMILES string of the molecule is C=C(C(=O)O)C(CC(=O)OCCOCc1ccccc1)(CC(=O)OCCOCc1ccccc1)C(=O)O. The van der Waals surface area contributed by atoms with E-state index in [9.17, 15) is 29.4 Å². The van der Waals surface area contributed by atoms with Crippen LogP contribution in [0.5, 0.6) is 0 Å². The van der Waals surface area contributed by atoms with Gasteiger partial charge in [0.25, 0.3) is 0 Å². The van der Waals surface area contributed by atoms with Gasteiger partial charge in [0.2, 0.25) is 0 Å². The van der Waals surface area contributed by atoms with Crippen molar-refractivity contribution in [3.63, 3.8) is 0 Å². The molecule has 0 bridgehead atoms. The van der Waals surface area contributed by atoms with Crippen LogP contribution in [-0.2, 0) is 51.3 Å². The molecule has 0 saturated carbocycles. The molecule has 0 aromatic heterocycles. The molecule has 2 rings (SSSR count). The van der Waals surface area contributed by atoms with Crippen molar-refractivity contribution in [2.45, 2.75) is 26.1 Å². The lowest BCUT2D eigenvalue weighted by Crippen LogP contribution is -2.41. The molecule has 0 fully saturated rings. The van der Waals surface area contributed by atoms with Gasteiger partial charge in [0.1, 0.15) is 18.6 Å². The van der Waals surface area contributed by atoms with Gasteiger partial charge in [-0.25, -0.2) is 4.79 Å². The average Bonchev–Trinajstić information content (AvgIpc) is 2.88. The van der Waals surface area contributed by atoms with Crippen LogP contribution in [0.25, 0.3) is 0 Å². The second-order valence-corrected chi connectivity index (χ2v) is 8.04. The summed E-state index contributed by atoms with van der Waals surface area (Å²) in [4.78, 5) is 48.5. The van der Waals surface area contributed by atoms with Crippen molar-refractivity contribution >= 4 is 23.9 Å². The highest BCUT2D eigenvalue weighted by Gasteiger charge is 2.49. The maximum absolute atomic E-state index is 12.4. The smallest absolute Gasteiger partial charge is 0.332 e. The monoisotopic (exact) mass is 514 g/mol. The third kappa shape index (κ3) is 9.86. The van der Waals surface area contributed by atoms with Gasteiger partial charge in [-0.3, -0.25) is 14.4 Å². The first kappa shape index (κ1) is 29.2. The van der Waals surface area contributed by atoms with Gasteiger partial charge >= 0.3 is 23.9 Å². The molecular weight excluding hydrogens is 484 g/mol. The summed E-state index contributed by atoms with van der Waals surface area (Å²) in [7, 11) is 0. The minimum Gasteiger partial charge on any atom is -0.481 e. The molecule has 2 aromatic rings. The molecule has 0 amide bonds. The predicted octanol–water partition coefficient (Wildman–Crippen LogP) is 3.00. The number of carbonyl (C=O) groups excluding carboxylic acids is 2. The number of rotatable bonds is 17. The van der Waals surface area contributed by atoms with Gasteiger partial charge in [0.05, 0.1) is 39.3 Å². The Balaban J connectivity index is 1.87. The lowest BCUT2D eigenvalue weighted by atomic mass is 9.75. The molecule has 10 nitrogen and oxygen atoms in total. The molecule has 0 aliphatic heterocycles. The van der Waals surface area contributed by atoms with E-state index in [0.717, 1.165) is 11.1 Å². The molecule has 0 heterocycles. The molecule has 0 spiro atoms. The van der Waals surface area contributed by atoms with E-state index < -0.39 is 47.7 Å². The van der Waals surface area contributed by atoms with E-state index in [1.165, 1.54) is 0 Å². The summed E-state index contributed by atoms with van der Waals surface area (Å²) in [5.74, 6) is -5.42. The maximum Gasteiger partial charge on any atom is 0.332 e. The van der Waals surface area contributed by atoms with Gasteiger partial charge in [-0.05, 0) is 11.1 Å². The number of carboxylic acids is 2. The van der Waals surface area contributed by atoms with Gasteiger partial charge in [0.15, 0.2) is 0 Å². The highest BCUT2D eigenvalue weighted by molar-refractivity contribution is 6.00. The third-order valence-electron chi connectivity index (χ3n) is 5.34. The summed E-state index contributed by atoms with van der Waals surface area (Å²) < 4.78 is 20.8. The van der Waals surface area contributed by atoms with Crippen LogP contribution in [0, 0.1) is 5.41 Å². The third-order valence-corrected chi connectivity index (χ3v) is 5.34. The number of benzene rings is 2. The van der Waals surface area contributed by atoms with E-state index in [1.54, 1.807) is 0 Å². The number of hydrogen-bond acceptors (Lipinski definition) is 8. The van der Waals surface area contributed by atoms with Crippen molar-refractivity contribution in [2.24, 2.45) is 5.41 Å². The molecule has 0 radical (unpaired) electrons. The first-order valence-electron chi connectivity index (χ1n) is 11.5. The fourth-order valence-electron chi connectivity index (χ4n) is 3.31. The Kier molecular flexibility index (Phi) is 12.0. The van der Waals surface area contributed by atoms with Gasteiger partial charge in [-0.15, -0.1) is 0 Å². The molecule has 0 saturated heterocycles. The van der Waals surface area contributed by atoms with Crippen LogP contribution in [0.15, 0.2) is 72.8 Å². The fraction of sp³-hybridized carbons (Fsp3) is 0.333. The van der Waals surface area contributed by atoms with E-state index in [-0.39, 0.29) is 39.6 Å². The largest absolute Gasteiger partial charge is 0.481 e. The van der Waals surface area contributed by atoms with E-state index in [0.29, 0.717) is 0 Å². The lowest BCUT2D eigenvalue weighted by Gasteiger charge is -2.27. The van der Waals surface area contributed by atoms with Gasteiger partial charge in [-0.2, -0.15) is 0 Å². The molecular formula is C27H30O10. The normalized spacial score (nSPS) is 10.9. The van der Waals surface area contributed by atoms with Crippen molar-refractivity contribution in [3.8, 4) is 0 Å². The molecule has 198 valence electrons. The van der Waals surface area contributed by atoms with E-state index >= 15 is 0 Å². The van der Waals surface area contributed by atoms with Crippen molar-refractivity contribution in [3.05, 3.63) is 83.9 Å². The van der Waals surface area contributed by atoms with Crippen molar-refractivity contribution in [1.82, 2.24) is 0 Å². The predicted molar refractivity (Wildman–Crippen MR) is 130 cm³/mol. The number of carboxylic acid groups (broad SMARTS) is 2. The number of carbonyl (C=O) groups is 4. The topological polar surface area (TPSA) is 146 Å². The van der Waals surface area contributed by atoms with E-state index in [1.807, 2.05) is 60.7 Å². The zero-order valence-electron chi connectivity index (χ0n) is 20.3. The molecule has 10 heteroatoms. The highest BCUT2D eigenvalue weighted by atomic mass is 16.6. The van der Waals surface area contributed by atoms with Gasteiger partial charge < -0.3 is 29.2 Å². The van der Waals surface area contributed by atoms with Crippen LogP contribution in [0.3, 0.4) is 0 Å². The lowest BCUT2D eigenvalue weighted by molar-refractivity contribution is -0.163. The summed E-state index contributed by atoms with van der Waals surface area (Å²) in [5, 5.41) is 19.2. The number of ether oxygens (including phenoxy) is 4. The summed E-state index contributed by atoms with van der Waals surface area (Å²) >= 11 is 0. The van der Waals surface area contributed by atoms with Crippen LogP contribution in [0.1, 0.15) is 24.0 Å². The van der Waals surface area contributed by atoms with Gasteiger partial charge in [0, 0.05) is 5.57 Å². The van der Waals surface area contributed by atoms with E-state index in [4.69, 9.17) is 18.9 Å². The molecule has 0 unspecified atom stereocenters. The van der Waals surface area contributed by atoms with Gasteiger partial charge in [-0.1, -0.05) is 67.2 Å². The molecule has 0 aliphatic rings. The average molecular weight is 515 g/mol. The Morgan fingerprint density at radius 3 is 1.43 bits per heavy atom. The second kappa shape index (κ2) is 15.2. The fourth-order valence-corrected chi connectivity index (χ4v) is 3.31. The van der Waals surface area contributed by atoms with Crippen molar-refractivity contribution in [2.75, 3.05) is 26.4 Å². The maximum atomic E-state index is 12.4. The van der Waals surface area contributed by atoms with Crippen LogP contribution in [0.2, 0.25) is 0 Å². The minimum absolute atomic E-state index is 0.0333. The molecule has 0 aliphatic carbocycles. The first-order valence-corrected chi connectivity index (χ1v) is 11.5. The zero-order chi connectivity index (χ0) is 27.1. The quantitative estimate of drug-likeness (QED) is 0.183. The zero-order valence-corrected chi connectivity index (χ0v) is 20.3. The Morgan fingerprint density at radius 2 is 1.08 bits per heavy atom. The Morgan fingerprint density at radius 1 is 0.676 bits per heavy atom. The molecule has 0 atom stereocenters. The Labute approximate surface area is 214 Å². The molecule has 2 N–H and O–H groups in total. The Bertz CT molecular complexity index is 986. The van der Waals surface area contributed by atoms with Crippen LogP contribution in [-0.4, -0.2) is 60.5 Å². The standard InChI is InChI=1S/C27H30O10/c1-20(25(30)31)27(26(32)33,16-23(28)36-14-12-34-18-21-8-4-2-5-9-21)17-24(29)37-15-13-35-19-22-10-6-3-7-11-22/h2-11H,1,12-19H2,(H,30,31)(H,32,33). The summed E-state index contributed by atoms with van der Waals surface area (Å²) in [6, 6.07) is 18.6. The van der Waals surface area contributed by atoms with Crippen molar-refractivity contribution < 1.29 is 48.3 Å². The number of aliphatic carboxylic acids is 2. The van der Waals surface area contributed by atoms with E-state index in [2.05, 4.69) is 6.58 Å². The number of hydrogen-bond donors (Lipinski definition) is 2. The summed E-state index contributed by atoms with van der Waals surface area (Å²) in [5.41, 5.74) is -1.45. The Hall–Kier alpha value is -4.02. The second-order valence-electron chi connectivity index (χ2n) is 8.04. The summed E-state index contributed by atoms with van der Waals surface area (Å²) in [6.07, 6.45) is -1.85. The minimum atomic E-state index is -2.45. The van der Waals surface area contributed by atoms with Crippen molar-refractivity contribution in [1.29, 1.82) is 0 Å².